The Labute approximate surface area is 446 Å². The molecular weight excluding hydrogens is 993 g/mol. The van der Waals surface area contributed by atoms with Crippen molar-refractivity contribution in [3.63, 3.8) is 0 Å². The number of nitrogens with zero attached hydrogens (tertiary/aromatic N) is 1. The van der Waals surface area contributed by atoms with Gasteiger partial charge in [-0.2, -0.15) is 0 Å². The molecule has 1 aromatic heterocycles. The summed E-state index contributed by atoms with van der Waals surface area (Å²) in [6, 6.07) is 15.3. The van der Waals surface area contributed by atoms with Crippen LogP contribution in [-0.2, 0) is 37.4 Å². The lowest BCUT2D eigenvalue weighted by Gasteiger charge is -2.59. The van der Waals surface area contributed by atoms with Crippen LogP contribution in [0.3, 0.4) is 0 Å². The lowest BCUT2D eigenvalue weighted by molar-refractivity contribution is -0.202. The van der Waals surface area contributed by atoms with Gasteiger partial charge in [-0.05, 0) is 106 Å². The molecule has 402 valence electrons. The van der Waals surface area contributed by atoms with E-state index in [2.05, 4.69) is 10.6 Å². The zero-order valence-corrected chi connectivity index (χ0v) is 44.8. The van der Waals surface area contributed by atoms with Gasteiger partial charge in [0, 0.05) is 102 Å². The Hall–Kier alpha value is -4.88. The molecular formula is C58H72N4O11S2. The van der Waals surface area contributed by atoms with Gasteiger partial charge >= 0.3 is 11.6 Å². The Bertz CT molecular complexity index is 2860. The molecule has 1 saturated heterocycles. The molecule has 1 amide bonds. The number of nitrogens with two attached hydrogens (primary N) is 1. The van der Waals surface area contributed by atoms with Crippen LogP contribution in [0, 0.1) is 29.6 Å². The van der Waals surface area contributed by atoms with Gasteiger partial charge < -0.3 is 60.4 Å². The third-order valence-corrected chi connectivity index (χ3v) is 21.1. The van der Waals surface area contributed by atoms with E-state index in [1.807, 2.05) is 66.6 Å². The first-order valence-electron chi connectivity index (χ1n) is 26.8. The molecule has 8 N–H and O–H groups in total. The second-order valence-corrected chi connectivity index (χ2v) is 24.8. The van der Waals surface area contributed by atoms with E-state index in [1.54, 1.807) is 47.6 Å². The van der Waals surface area contributed by atoms with Crippen LogP contribution in [-0.4, -0.2) is 124 Å². The zero-order chi connectivity index (χ0) is 52.8. The molecule has 11 unspecified atom stereocenters. The van der Waals surface area contributed by atoms with E-state index in [0.29, 0.717) is 78.9 Å². The standard InChI is InChI=1S/C58H72N4O11S2/c1-4-34(14-17-63)54(69)73-56(2)41(31-66)20-39-32-74-75-48-22-38(29-64)52(60-3)44-28-62(53(44)48)50(68)23-37-27-61-49(59)24-43(37)51(39)58(56)26-36-19-35-21-45(55(70)71-46(35)25-47(36)72-58)57(15-8-9-16-57)40(30-65)12-13-42(67)18-33-10-6-5-7-11-33/h4-7,10-11,19-21,24-25,29,38,40-42,44,48,51-53,60-61,63,65-67H,8-9,12-18,22-23,26-28,30-32,59H2,1-3H3. The minimum Gasteiger partial charge on any atom is -0.481 e. The van der Waals surface area contributed by atoms with Crippen LogP contribution >= 0.6 is 21.6 Å². The summed E-state index contributed by atoms with van der Waals surface area (Å²) in [5.74, 6) is -1.34. The highest BCUT2D eigenvalue weighted by Crippen LogP contribution is 2.60. The predicted octanol–water partition coefficient (Wildman–Crippen LogP) is 5.55. The van der Waals surface area contributed by atoms with Crippen LogP contribution in [0.15, 0.2) is 104 Å². The van der Waals surface area contributed by atoms with E-state index in [9.17, 15) is 39.6 Å². The maximum absolute atomic E-state index is 14.8. The zero-order valence-electron chi connectivity index (χ0n) is 43.1. The third kappa shape index (κ3) is 9.49. The van der Waals surface area contributed by atoms with E-state index in [4.69, 9.17) is 19.6 Å². The summed E-state index contributed by atoms with van der Waals surface area (Å²) in [4.78, 5) is 58.3. The number of ether oxygens (including phenoxy) is 2. The van der Waals surface area contributed by atoms with Gasteiger partial charge in [-0.25, -0.2) is 9.59 Å². The Kier molecular flexibility index (Phi) is 15.6. The molecule has 0 bridgehead atoms. The van der Waals surface area contributed by atoms with Crippen molar-refractivity contribution in [2.75, 3.05) is 45.7 Å². The van der Waals surface area contributed by atoms with E-state index >= 15 is 0 Å². The molecule has 1 spiro atoms. The van der Waals surface area contributed by atoms with Crippen molar-refractivity contribution in [3.05, 3.63) is 122 Å². The summed E-state index contributed by atoms with van der Waals surface area (Å²) in [6.07, 6.45) is 11.4. The second kappa shape index (κ2) is 21.9. The van der Waals surface area contributed by atoms with Gasteiger partial charge in [-0.15, -0.1) is 0 Å². The van der Waals surface area contributed by atoms with Crippen LogP contribution < -0.4 is 26.7 Å². The van der Waals surface area contributed by atoms with Crippen molar-refractivity contribution in [1.29, 1.82) is 0 Å². The molecule has 0 radical (unpaired) electrons. The monoisotopic (exact) mass is 1060 g/mol. The molecule has 2 saturated carbocycles. The van der Waals surface area contributed by atoms with E-state index in [1.165, 1.54) is 0 Å². The molecule has 75 heavy (non-hydrogen) atoms. The summed E-state index contributed by atoms with van der Waals surface area (Å²) >= 11 is 0. The Morgan fingerprint density at radius 1 is 1.11 bits per heavy atom. The molecule has 11 atom stereocenters. The highest BCUT2D eigenvalue weighted by molar-refractivity contribution is 8.77. The summed E-state index contributed by atoms with van der Waals surface area (Å²) < 4.78 is 20.6. The molecule has 3 aromatic rings. The van der Waals surface area contributed by atoms with Gasteiger partial charge in [-0.1, -0.05) is 82.5 Å². The largest absolute Gasteiger partial charge is 0.481 e. The number of fused-ring (bicyclic) bond motifs is 5. The van der Waals surface area contributed by atoms with E-state index < -0.39 is 52.8 Å². The van der Waals surface area contributed by atoms with Crippen LogP contribution in [0.4, 0.5) is 0 Å². The Morgan fingerprint density at radius 2 is 1.89 bits per heavy atom. The van der Waals surface area contributed by atoms with E-state index in [0.717, 1.165) is 47.0 Å². The molecule has 4 aliphatic heterocycles. The molecule has 15 nitrogen and oxygen atoms in total. The first-order valence-corrected chi connectivity index (χ1v) is 29.2. The number of nitrogens with one attached hydrogen (secondary N) is 2. The predicted molar refractivity (Wildman–Crippen MR) is 290 cm³/mol. The van der Waals surface area contributed by atoms with Gasteiger partial charge in [0.25, 0.3) is 0 Å². The normalized spacial score (nSPS) is 31.0. The first kappa shape index (κ1) is 53.5. The minimum atomic E-state index is -1.61. The summed E-state index contributed by atoms with van der Waals surface area (Å²) in [5.41, 5.74) is 7.69. The number of hydrogen-bond acceptors (Lipinski definition) is 16. The van der Waals surface area contributed by atoms with Gasteiger partial charge in [0.1, 0.15) is 17.6 Å². The van der Waals surface area contributed by atoms with Gasteiger partial charge in [0.2, 0.25) is 5.91 Å². The van der Waals surface area contributed by atoms with Crippen molar-refractivity contribution in [3.8, 4) is 5.75 Å². The maximum atomic E-state index is 14.8. The summed E-state index contributed by atoms with van der Waals surface area (Å²) in [5, 5.41) is 51.1. The summed E-state index contributed by atoms with van der Waals surface area (Å²) in [7, 11) is 5.20. The number of esters is 1. The first-order chi connectivity index (χ1) is 36.2. The number of hydrogen-bond donors (Lipinski definition) is 7. The number of benzene rings is 2. The smallest absolute Gasteiger partial charge is 0.340 e. The van der Waals surface area contributed by atoms with Gasteiger partial charge in [-0.3, -0.25) is 4.79 Å². The van der Waals surface area contributed by atoms with Crippen LogP contribution in [0.1, 0.15) is 88.3 Å². The number of amides is 1. The van der Waals surface area contributed by atoms with Gasteiger partial charge in [0.15, 0.2) is 11.2 Å². The SMILES string of the molecule is CC=C(CCO)C(=O)OC1(C)C(CO)C=C2CSSC3CC(C=O)C(NC)C4CN(C(=O)CC5=C(C=C(N)NC5)C2C12Cc1cc5cc(C6(C(CO)CCC(O)Cc7ccccc7)CCCC6)c(=O)oc5cc1O2)C34. The number of dihydropyridines is 1. The lowest BCUT2D eigenvalue weighted by Crippen LogP contribution is -2.71. The lowest BCUT2D eigenvalue weighted by atomic mass is 9.57. The van der Waals surface area contributed by atoms with Crippen LogP contribution in [0.5, 0.6) is 5.75 Å². The fourth-order valence-electron chi connectivity index (χ4n) is 14.4. The summed E-state index contributed by atoms with van der Waals surface area (Å²) in [6.45, 7) is 3.45. The Balaban J connectivity index is 1.08. The van der Waals surface area contributed by atoms with Crippen LogP contribution in [0.25, 0.3) is 11.0 Å². The molecule has 3 fully saturated rings. The van der Waals surface area contributed by atoms with Crippen molar-refractivity contribution >= 4 is 50.7 Å². The number of rotatable bonds is 15. The number of aliphatic hydroxyl groups excluding tert-OH is 4. The minimum absolute atomic E-state index is 0.0196. The number of carbonyl (C=O) groups is 3. The number of carbonyl (C=O) groups excluding carboxylic acids is 3. The molecule has 7 aliphatic rings. The van der Waals surface area contributed by atoms with Crippen molar-refractivity contribution in [2.24, 2.45) is 35.3 Å². The van der Waals surface area contributed by atoms with Crippen molar-refractivity contribution in [2.45, 2.75) is 125 Å². The highest BCUT2D eigenvalue weighted by Gasteiger charge is 2.67. The molecule has 17 heteroatoms. The third-order valence-electron chi connectivity index (χ3n) is 18.3. The van der Waals surface area contributed by atoms with Crippen molar-refractivity contribution < 1.29 is 48.7 Å². The number of aliphatic hydroxyl groups is 4. The molecule has 3 aliphatic carbocycles. The molecule has 10 rings (SSSR count). The Morgan fingerprint density at radius 3 is 2.60 bits per heavy atom. The fourth-order valence-corrected chi connectivity index (χ4v) is 17.5. The number of aldehydes is 1. The molecule has 5 heterocycles. The molecule has 2 aromatic carbocycles. The van der Waals surface area contributed by atoms with E-state index in [-0.39, 0.29) is 85.6 Å². The topological polar surface area (TPSA) is 234 Å². The highest BCUT2D eigenvalue weighted by atomic mass is 33.1. The second-order valence-electron chi connectivity index (χ2n) is 22.2. The van der Waals surface area contributed by atoms with Gasteiger partial charge in [0.05, 0.1) is 36.9 Å². The average Bonchev–Trinajstić information content (AvgIpc) is 4.07. The fraction of sp³-hybridized carbons (Fsp3) is 0.552. The average molecular weight is 1070 g/mol. The quantitative estimate of drug-likeness (QED) is 0.0247. The maximum Gasteiger partial charge on any atom is 0.340 e. The number of allylic oxidation sites excluding steroid dienone is 2. The van der Waals surface area contributed by atoms with Crippen LogP contribution in [0.2, 0.25) is 0 Å². The van der Waals surface area contributed by atoms with Crippen molar-refractivity contribution in [1.82, 2.24) is 15.5 Å².